The normalized spacial score (nSPS) is 12.5. The highest BCUT2D eigenvalue weighted by Gasteiger charge is 2.30. The summed E-state index contributed by atoms with van der Waals surface area (Å²) in [6.07, 6.45) is 1.13. The molecule has 0 aromatic heterocycles. The molecule has 5 nitrogen and oxygen atoms in total. The summed E-state index contributed by atoms with van der Waals surface area (Å²) in [7, 11) is 7.46. The number of likely N-dealkylation sites (N-methyl/N-ethyl adjacent to an activating group) is 2. The van der Waals surface area contributed by atoms with E-state index >= 15 is 0 Å². The largest absolute Gasteiger partial charge is 0.393 e. The maximum Gasteiger partial charge on any atom is 0.335 e. The molecule has 0 saturated carbocycles. The molecule has 0 saturated heterocycles. The first-order chi connectivity index (χ1) is 10.5. The molecular formula is C16H43N3O2Si2. The Balaban J connectivity index is 0. The van der Waals surface area contributed by atoms with Crippen LogP contribution in [-0.4, -0.2) is 88.1 Å². The molecular weight excluding hydrogens is 322 g/mol. The van der Waals surface area contributed by atoms with E-state index in [1.165, 1.54) is 0 Å². The zero-order chi connectivity index (χ0) is 18.5. The minimum Gasteiger partial charge on any atom is -0.393 e. The van der Waals surface area contributed by atoms with Crippen molar-refractivity contribution in [1.29, 1.82) is 0 Å². The summed E-state index contributed by atoms with van der Waals surface area (Å²) in [5.74, 6) is 0. The molecule has 1 N–H and O–H groups in total. The summed E-state index contributed by atoms with van der Waals surface area (Å²) in [6.45, 7) is 14.7. The van der Waals surface area contributed by atoms with E-state index in [9.17, 15) is 0 Å². The van der Waals surface area contributed by atoms with Crippen molar-refractivity contribution in [3.05, 3.63) is 0 Å². The maximum atomic E-state index is 6.02. The molecule has 7 heteroatoms. The highest BCUT2D eigenvalue weighted by Crippen LogP contribution is 2.15. The van der Waals surface area contributed by atoms with Crippen LogP contribution in [0.4, 0.5) is 0 Å². The molecule has 0 aliphatic rings. The molecule has 0 atom stereocenters. The number of nitrogens with zero attached hydrogens (tertiary/aromatic N) is 2. The van der Waals surface area contributed by atoms with E-state index in [0.29, 0.717) is 0 Å². The lowest BCUT2D eigenvalue weighted by atomic mass is 10.6. The Morgan fingerprint density at radius 2 is 1.17 bits per heavy atom. The van der Waals surface area contributed by atoms with E-state index in [1.807, 2.05) is 7.05 Å². The number of nitrogens with one attached hydrogen (secondary N) is 1. The zero-order valence-corrected chi connectivity index (χ0v) is 19.5. The smallest absolute Gasteiger partial charge is 0.335 e. The predicted molar refractivity (Wildman–Crippen MR) is 108 cm³/mol. The van der Waals surface area contributed by atoms with Gasteiger partial charge in [0.05, 0.1) is 0 Å². The van der Waals surface area contributed by atoms with Gasteiger partial charge < -0.3 is 23.6 Å². The van der Waals surface area contributed by atoms with Gasteiger partial charge in [0.2, 0.25) is 0 Å². The predicted octanol–water partition coefficient (Wildman–Crippen LogP) is 2.67. The van der Waals surface area contributed by atoms with E-state index in [1.54, 1.807) is 0 Å². The van der Waals surface area contributed by atoms with Crippen LogP contribution < -0.4 is 4.98 Å². The van der Waals surface area contributed by atoms with Crippen molar-refractivity contribution in [2.24, 2.45) is 0 Å². The Bertz CT molecular complexity index is 259. The summed E-state index contributed by atoms with van der Waals surface area (Å²) in [6, 6.07) is 1.08. The van der Waals surface area contributed by atoms with Gasteiger partial charge in [-0.1, -0.05) is 33.0 Å². The number of hydrogen-bond acceptors (Lipinski definition) is 5. The highest BCUT2D eigenvalue weighted by atomic mass is 28.4. The van der Waals surface area contributed by atoms with Crippen LogP contribution in [0.5, 0.6) is 0 Å². The minimum atomic E-state index is -1.94. The van der Waals surface area contributed by atoms with Crippen molar-refractivity contribution in [3.63, 3.8) is 0 Å². The van der Waals surface area contributed by atoms with Crippen molar-refractivity contribution < 1.29 is 8.85 Å². The zero-order valence-electron chi connectivity index (χ0n) is 17.5. The van der Waals surface area contributed by atoms with E-state index in [2.05, 4.69) is 76.1 Å². The lowest BCUT2D eigenvalue weighted by Crippen LogP contribution is -2.41. The Morgan fingerprint density at radius 1 is 0.826 bits per heavy atom. The molecule has 0 unspecified atom stereocenters. The van der Waals surface area contributed by atoms with Crippen LogP contribution in [0.25, 0.3) is 0 Å². The molecule has 0 rings (SSSR count). The van der Waals surface area contributed by atoms with Gasteiger partial charge in [0.15, 0.2) is 0 Å². The van der Waals surface area contributed by atoms with Crippen LogP contribution in [0.1, 0.15) is 13.3 Å². The summed E-state index contributed by atoms with van der Waals surface area (Å²) in [5, 5.41) is 0. The third kappa shape index (κ3) is 20.2. The van der Waals surface area contributed by atoms with Gasteiger partial charge >= 0.3 is 8.56 Å². The molecule has 0 aliphatic heterocycles. The second-order valence-corrected chi connectivity index (χ2v) is 16.0. The topological polar surface area (TPSA) is 37.0 Å². The second-order valence-electron chi connectivity index (χ2n) is 7.69. The fourth-order valence-corrected chi connectivity index (χ4v) is 3.85. The fraction of sp³-hybridized carbons (Fsp3) is 1.00. The molecule has 0 radical (unpaired) electrons. The Kier molecular flexibility index (Phi) is 15.0. The molecule has 0 bridgehead atoms. The van der Waals surface area contributed by atoms with E-state index in [-0.39, 0.29) is 0 Å². The van der Waals surface area contributed by atoms with Gasteiger partial charge in [0.25, 0.3) is 0 Å². The average molecular weight is 366 g/mol. The summed E-state index contributed by atoms with van der Waals surface area (Å²) < 4.78 is 12.0. The Hall–Kier alpha value is 0.234. The maximum absolute atomic E-state index is 6.02. The molecule has 0 heterocycles. The van der Waals surface area contributed by atoms with Crippen LogP contribution in [0.3, 0.4) is 0 Å². The minimum absolute atomic E-state index is 0.775. The standard InChI is InChI=1S/C12H30N2O2Si.C4H13NSi/c1-7-12-17(6,15-10-8-13(2)3)16-11-9-14(4)5;1-5-6(2,3)4/h7-12H2,1-6H3;5H,1-4H3. The van der Waals surface area contributed by atoms with Gasteiger partial charge in [-0.25, -0.2) is 0 Å². The van der Waals surface area contributed by atoms with Crippen molar-refractivity contribution in [2.75, 3.05) is 61.5 Å². The van der Waals surface area contributed by atoms with Crippen LogP contribution in [0.15, 0.2) is 0 Å². The van der Waals surface area contributed by atoms with Gasteiger partial charge in [-0.3, -0.25) is 0 Å². The fourth-order valence-electron chi connectivity index (χ4n) is 1.53. The Morgan fingerprint density at radius 3 is 1.39 bits per heavy atom. The number of rotatable bonds is 11. The first-order valence-corrected chi connectivity index (χ1v) is 14.7. The molecule has 0 spiro atoms. The molecule has 23 heavy (non-hydrogen) atoms. The lowest BCUT2D eigenvalue weighted by Gasteiger charge is -2.28. The summed E-state index contributed by atoms with van der Waals surface area (Å²) in [5.41, 5.74) is 0. The SMILES string of the molecule is CCC[Si](C)(OCCN(C)C)OCCN(C)C.CN[Si](C)(C)C. The molecule has 0 aromatic carbocycles. The lowest BCUT2D eigenvalue weighted by molar-refractivity contribution is 0.149. The third-order valence-electron chi connectivity index (χ3n) is 3.35. The number of hydrogen-bond donors (Lipinski definition) is 1. The van der Waals surface area contributed by atoms with Gasteiger partial charge in [-0.2, -0.15) is 0 Å². The van der Waals surface area contributed by atoms with E-state index in [0.717, 1.165) is 38.8 Å². The van der Waals surface area contributed by atoms with Gasteiger partial charge in [0, 0.05) is 26.3 Å². The highest BCUT2D eigenvalue weighted by molar-refractivity contribution is 6.73. The van der Waals surface area contributed by atoms with Crippen LogP contribution in [0.2, 0.25) is 32.2 Å². The summed E-state index contributed by atoms with van der Waals surface area (Å²) in [4.78, 5) is 7.52. The van der Waals surface area contributed by atoms with E-state index in [4.69, 9.17) is 8.85 Å². The average Bonchev–Trinajstić information content (AvgIpc) is 2.38. The van der Waals surface area contributed by atoms with Crippen molar-refractivity contribution in [3.8, 4) is 0 Å². The summed E-state index contributed by atoms with van der Waals surface area (Å²) >= 11 is 0. The van der Waals surface area contributed by atoms with Crippen molar-refractivity contribution in [2.45, 2.75) is 45.6 Å². The molecule has 0 aliphatic carbocycles. The van der Waals surface area contributed by atoms with Crippen LogP contribution in [-0.2, 0) is 8.85 Å². The van der Waals surface area contributed by atoms with Crippen LogP contribution in [0, 0.1) is 0 Å². The molecule has 0 fully saturated rings. The Labute approximate surface area is 148 Å². The van der Waals surface area contributed by atoms with Crippen molar-refractivity contribution in [1.82, 2.24) is 14.8 Å². The monoisotopic (exact) mass is 365 g/mol. The first-order valence-electron chi connectivity index (χ1n) is 8.72. The quantitative estimate of drug-likeness (QED) is 0.570. The third-order valence-corrected chi connectivity index (χ3v) is 7.88. The molecule has 0 amide bonds. The van der Waals surface area contributed by atoms with Crippen LogP contribution >= 0.6 is 0 Å². The first kappa shape index (κ1) is 25.5. The van der Waals surface area contributed by atoms with Gasteiger partial charge in [0.1, 0.15) is 8.24 Å². The van der Waals surface area contributed by atoms with E-state index < -0.39 is 16.8 Å². The second kappa shape index (κ2) is 13.5. The van der Waals surface area contributed by atoms with Gasteiger partial charge in [-0.15, -0.1) is 0 Å². The molecule has 0 aromatic rings. The van der Waals surface area contributed by atoms with Gasteiger partial charge in [-0.05, 0) is 47.8 Å². The molecule has 142 valence electrons. The van der Waals surface area contributed by atoms with Crippen molar-refractivity contribution >= 4 is 16.8 Å².